The number of nitrogens with two attached hydrogens (primary N) is 3. The molecule has 2 aromatic heterocycles. The van der Waals surface area contributed by atoms with Gasteiger partial charge in [0.05, 0.1) is 51.3 Å². The number of nitrogens with zero attached hydrogens (tertiary/aromatic N) is 3. The summed E-state index contributed by atoms with van der Waals surface area (Å²) < 4.78 is 0. The summed E-state index contributed by atoms with van der Waals surface area (Å²) in [6, 6.07) is -2.68. The molecule has 0 bridgehead atoms. The molecule has 0 radical (unpaired) electrons. The highest BCUT2D eigenvalue weighted by molar-refractivity contribution is 7.80. The van der Waals surface area contributed by atoms with Gasteiger partial charge in [-0.2, -0.15) is 25.3 Å². The molecule has 2 aliphatic heterocycles. The highest BCUT2D eigenvalue weighted by Crippen LogP contribution is 2.25. The first-order valence-electron chi connectivity index (χ1n) is 47.9. The second-order valence-corrected chi connectivity index (χ2v) is 37.0. The Labute approximate surface area is 856 Å². The van der Waals surface area contributed by atoms with Crippen molar-refractivity contribution < 1.29 is 126 Å². The van der Waals surface area contributed by atoms with Gasteiger partial charge in [0.1, 0.15) is 103 Å². The van der Waals surface area contributed by atoms with Crippen molar-refractivity contribution in [1.82, 2.24) is 115 Å². The zero-order valence-corrected chi connectivity index (χ0v) is 84.0. The largest absolute Gasteiger partial charge is 0.508 e. The monoisotopic (exact) mass is 2090 g/mol. The minimum atomic E-state index is -1.87. The molecule has 0 spiro atoms. The number of imidazole rings is 1. The number of benzene rings is 3. The van der Waals surface area contributed by atoms with Crippen molar-refractivity contribution >= 4 is 160 Å². The van der Waals surface area contributed by atoms with Crippen molar-refractivity contribution in [2.75, 3.05) is 70.5 Å². The lowest BCUT2D eigenvalue weighted by Gasteiger charge is -2.31. The van der Waals surface area contributed by atoms with Crippen LogP contribution >= 0.6 is 25.3 Å². The lowest BCUT2D eigenvalue weighted by molar-refractivity contribution is -0.142. The van der Waals surface area contributed by atoms with Crippen LogP contribution in [0, 0.1) is 11.8 Å². The lowest BCUT2D eigenvalue weighted by Crippen LogP contribution is -2.62. The molecule has 53 heteroatoms. The number of rotatable bonds is 60. The lowest BCUT2D eigenvalue weighted by atomic mass is 9.99. The number of likely N-dealkylation sites (tertiary alicyclic amines) is 2. The number of H-pyrrole nitrogens is 2. The van der Waals surface area contributed by atoms with Crippen molar-refractivity contribution in [3.63, 3.8) is 0 Å². The van der Waals surface area contributed by atoms with Crippen molar-refractivity contribution in [3.8, 4) is 5.75 Å². The molecule has 804 valence electrons. The number of thiol groups is 2. The number of unbranched alkanes of at least 4 members (excludes halogenated alkanes) is 1. The molecule has 17 atom stereocenters. The van der Waals surface area contributed by atoms with Crippen molar-refractivity contribution in [3.05, 3.63) is 120 Å². The first-order chi connectivity index (χ1) is 69.9. The Balaban J connectivity index is 1.02. The Morgan fingerprint density at radius 3 is 1.49 bits per heavy atom. The fraction of sp³-hybridized carbons (Fsp3) is 0.532. The van der Waals surface area contributed by atoms with Crippen LogP contribution in [0.1, 0.15) is 128 Å². The van der Waals surface area contributed by atoms with E-state index in [0.29, 0.717) is 34.0 Å². The average Bonchev–Trinajstić information content (AvgIpc) is 1.71. The van der Waals surface area contributed by atoms with E-state index in [9.17, 15) is 116 Å². The van der Waals surface area contributed by atoms with Gasteiger partial charge in [0.15, 0.2) is 0 Å². The number of aliphatic hydroxyl groups excluding tert-OH is 3. The molecule has 2 fully saturated rings. The molecule has 4 heterocycles. The van der Waals surface area contributed by atoms with E-state index in [4.69, 9.17) is 22.3 Å². The van der Waals surface area contributed by atoms with Crippen molar-refractivity contribution in [2.24, 2.45) is 29.0 Å². The summed E-state index contributed by atoms with van der Waals surface area (Å²) in [7, 11) is 0. The molecule has 3 aromatic carbocycles. The first kappa shape index (κ1) is 120. The van der Waals surface area contributed by atoms with Gasteiger partial charge in [-0.05, 0) is 125 Å². The maximum Gasteiger partial charge on any atom is 0.322 e. The molecule has 30 N–H and O–H groups in total. The van der Waals surface area contributed by atoms with Gasteiger partial charge in [0.2, 0.25) is 118 Å². The predicted octanol–water partition coefficient (Wildman–Crippen LogP) is -8.63. The Morgan fingerprint density at radius 1 is 0.456 bits per heavy atom. The summed E-state index contributed by atoms with van der Waals surface area (Å²) in [6.07, 6.45) is 0.181. The maximum absolute atomic E-state index is 15.0. The van der Waals surface area contributed by atoms with Crippen LogP contribution in [-0.4, -0.2) is 348 Å². The number of amides is 20. The number of carbonyl (C=O) groups excluding carboxylic acids is 20. The van der Waals surface area contributed by atoms with Gasteiger partial charge in [0, 0.05) is 85.7 Å². The number of aliphatic hydroxyl groups is 3. The third-order valence-corrected chi connectivity index (χ3v) is 24.7. The number of phenols is 1. The normalized spacial score (nSPS) is 16.3. The molecule has 0 unspecified atom stereocenters. The number of carboxylic acid groups (broad SMARTS) is 1. The molecular formula is C94H135N25O26S2. The Morgan fingerprint density at radius 2 is 0.925 bits per heavy atom. The highest BCUT2D eigenvalue weighted by Gasteiger charge is 2.44. The third-order valence-electron chi connectivity index (χ3n) is 23.9. The van der Waals surface area contributed by atoms with Crippen LogP contribution in [0.5, 0.6) is 5.75 Å². The minimum Gasteiger partial charge on any atom is -0.508 e. The van der Waals surface area contributed by atoms with Crippen molar-refractivity contribution in [1.29, 1.82) is 0 Å². The summed E-state index contributed by atoms with van der Waals surface area (Å²) in [6.45, 7) is 4.63. The number of hydrogen-bond acceptors (Lipinski definition) is 30. The molecule has 147 heavy (non-hydrogen) atoms. The molecule has 51 nitrogen and oxygen atoms in total. The van der Waals surface area contributed by atoms with Crippen LogP contribution in [0.4, 0.5) is 0 Å². The molecule has 7 rings (SSSR count). The predicted molar refractivity (Wildman–Crippen MR) is 533 cm³/mol. The Hall–Kier alpha value is -14.4. The maximum atomic E-state index is 15.0. The van der Waals surface area contributed by atoms with Gasteiger partial charge in [-0.25, -0.2) is 4.98 Å². The summed E-state index contributed by atoms with van der Waals surface area (Å²) in [4.78, 5) is 302. The van der Waals surface area contributed by atoms with Gasteiger partial charge in [-0.15, -0.1) is 0 Å². The smallest absolute Gasteiger partial charge is 0.322 e. The van der Waals surface area contributed by atoms with E-state index in [1.165, 1.54) is 53.5 Å². The van der Waals surface area contributed by atoms with E-state index >= 15 is 4.79 Å². The SMILES string of the molecule is CC(C)C[C@H](NC(=O)[C@@H]1CCCN1C(=O)CNC(=O)[C@H](Cc1ccccc1)NC(=O)[C@H](Cc1cnc[nH]1)NC(=O)[C@H](CS)NC(=O)[C@H](CO)NC(=O)[C@H](Cc1ccc(O)cc1)NC(=O)[C@@H](NC(=O)CNC(=O)CN)[C@@H](C)O)C(=O)N[C@H](C(=O)N[C@@H](Cc1c[nH]c2ccccc12)C(=O)N[C@H](C(=O)N[C@@H](CS)C(=O)N[C@@H](CCCCN)C(=O)N1CCC[C@H]1C(=O)N[C@@H](CCC(N)=O)C(=O)NCC(=O)NCC(=O)O)C(C)C)[C@@H](C)O. The van der Waals surface area contributed by atoms with Crippen LogP contribution in [0.25, 0.3) is 10.9 Å². The molecule has 2 aliphatic rings. The van der Waals surface area contributed by atoms with Crippen LogP contribution in [0.2, 0.25) is 0 Å². The summed E-state index contributed by atoms with van der Waals surface area (Å²) >= 11 is 8.65. The summed E-state index contributed by atoms with van der Waals surface area (Å²) in [5.74, 6) is -22.3. The fourth-order valence-electron chi connectivity index (χ4n) is 16.0. The summed E-state index contributed by atoms with van der Waals surface area (Å²) in [5, 5.41) is 94.0. The molecule has 5 aromatic rings. The number of fused-ring (bicyclic) bond motifs is 1. The van der Waals surface area contributed by atoms with Crippen LogP contribution < -0.4 is 108 Å². The van der Waals surface area contributed by atoms with Gasteiger partial charge < -0.3 is 153 Å². The van der Waals surface area contributed by atoms with Gasteiger partial charge in [-0.3, -0.25) is 101 Å². The Bertz CT molecular complexity index is 5390. The molecular weight excluding hydrogens is 1960 g/mol. The quantitative estimate of drug-likeness (QED) is 0.0127. The summed E-state index contributed by atoms with van der Waals surface area (Å²) in [5.41, 5.74) is 18.7. The van der Waals surface area contributed by atoms with Gasteiger partial charge in [-0.1, -0.05) is 88.4 Å². The number of para-hydroxylation sites is 1. The number of aromatic nitrogens is 3. The fourth-order valence-corrected chi connectivity index (χ4v) is 16.6. The van der Waals surface area contributed by atoms with E-state index in [1.54, 1.807) is 88.5 Å². The zero-order chi connectivity index (χ0) is 108. The molecule has 20 amide bonds. The zero-order valence-electron chi connectivity index (χ0n) is 82.2. The van der Waals surface area contributed by atoms with E-state index in [0.717, 1.165) is 6.92 Å². The topological polar surface area (TPSA) is 793 Å². The Kier molecular flexibility index (Phi) is 48.7. The number of aromatic hydroxyl groups is 1. The van der Waals surface area contributed by atoms with E-state index in [2.05, 4.69) is 131 Å². The van der Waals surface area contributed by atoms with E-state index < -0.39 is 284 Å². The number of carbonyl (C=O) groups is 21. The van der Waals surface area contributed by atoms with E-state index in [1.807, 2.05) is 0 Å². The number of hydrogen-bond donors (Lipinski definition) is 29. The third kappa shape index (κ3) is 38.2. The number of carboxylic acids is 1. The molecule has 0 aliphatic carbocycles. The number of primary amides is 1. The van der Waals surface area contributed by atoms with E-state index in [-0.39, 0.29) is 120 Å². The molecule has 0 saturated carbocycles. The first-order valence-corrected chi connectivity index (χ1v) is 49.2. The van der Waals surface area contributed by atoms with Gasteiger partial charge >= 0.3 is 5.97 Å². The van der Waals surface area contributed by atoms with Crippen LogP contribution in [-0.2, 0) is 126 Å². The van der Waals surface area contributed by atoms with Crippen molar-refractivity contribution in [2.45, 2.75) is 234 Å². The second-order valence-electron chi connectivity index (χ2n) is 36.2. The average molecular weight is 2100 g/mol. The number of phenolic OH excluding ortho intramolecular Hbond substituents is 1. The standard InChI is InChI=1S/C94H135N25O26S2/c1-48(2)32-61(84(135)117-79(51(6)122)93(144)111-64(35-54-38-99-58-19-11-10-18-57(54)58)85(136)116-77(49(3)4)91(142)114-68(46-147)87(138)106-60(20-12-13-29-95)94(145)119-31-15-22-70(119)90(141)105-59(27-28-71(97)124)80(131)102-40-73(126)101-43-76(129)130)109-89(140)69-21-14-30-118(69)75(128)42-103-81(132)62(33-52-16-8-7-9-17-52)107-83(134)65(36-55-39-98-47-104-55)108-88(139)67(45-146)113-86(137)66(44-120)112-82(133)63(34-53-23-25-56(123)26-24-53)110-92(143)78(50(5)121)115-74(127)41-100-72(125)37-96/h7-11,16-19,23-26,38-39,47-51,59-70,77-79,99,120-123,146-147H,12-15,20-22,27-37,40-46,95-96H2,1-6H3,(H2,97,124)(H,98,104)(H,100,125)(H,101,126)(H,102,131)(H,103,132)(H,105,141)(H,106,138)(H,107,134)(H,108,139)(H,109,140)(H,110,143)(H,111,144)(H,112,133)(H,113,137)(H,114,142)(H,115,127)(H,116,136)(H,117,135)(H,129,130)/t50-,51-,59+,60+,61+,62+,63+,64+,65+,66+,67+,68+,69+,70+,77+,78+,79+/m1/s1. The minimum absolute atomic E-state index is 0.00230. The van der Waals surface area contributed by atoms with Crippen LogP contribution in [0.15, 0.2) is 97.6 Å². The molecule has 2 saturated heterocycles. The number of aromatic amines is 2. The number of aliphatic carboxylic acids is 1. The second kappa shape index (κ2) is 59.9. The van der Waals surface area contributed by atoms with Gasteiger partial charge in [0.25, 0.3) is 0 Å². The highest BCUT2D eigenvalue weighted by atomic mass is 32.1. The number of nitrogens with one attached hydrogen (secondary N) is 19. The van der Waals surface area contributed by atoms with Crippen LogP contribution in [0.3, 0.4) is 0 Å².